The number of aromatic nitrogens is 2. The van der Waals surface area contributed by atoms with Gasteiger partial charge in [0.15, 0.2) is 0 Å². The molecule has 0 radical (unpaired) electrons. The van der Waals surface area contributed by atoms with Crippen molar-refractivity contribution in [3.8, 4) is 5.69 Å². The summed E-state index contributed by atoms with van der Waals surface area (Å²) in [6, 6.07) is 50.5. The van der Waals surface area contributed by atoms with Gasteiger partial charge in [-0.2, -0.15) is 13.5 Å². The molecule has 0 aliphatic carbocycles. The number of nitrogens with one attached hydrogen (secondary N) is 1. The van der Waals surface area contributed by atoms with Crippen molar-refractivity contribution in [1.29, 1.82) is 0 Å². The van der Waals surface area contributed by atoms with E-state index in [0.29, 0.717) is 0 Å². The predicted molar refractivity (Wildman–Crippen MR) is 415 cm³/mol. The Labute approximate surface area is 540 Å². The highest BCUT2D eigenvalue weighted by Crippen LogP contribution is 2.32. The van der Waals surface area contributed by atoms with E-state index >= 15 is 0 Å². The van der Waals surface area contributed by atoms with Crippen LogP contribution in [0.4, 0.5) is 0 Å². The van der Waals surface area contributed by atoms with Gasteiger partial charge in [-0.05, 0) is 83.3 Å². The highest BCUT2D eigenvalue weighted by atomic mass is 127. The first-order valence-corrected chi connectivity index (χ1v) is 56.4. The maximum absolute atomic E-state index is 4.72. The van der Waals surface area contributed by atoms with Crippen LogP contribution in [0.15, 0.2) is 155 Å². The lowest BCUT2D eigenvalue weighted by Crippen LogP contribution is -1.93. The molecule has 0 amide bonds. The largest absolute Gasteiger partial charge is 0.355 e. The third-order valence-corrected chi connectivity index (χ3v) is 60.3. The van der Waals surface area contributed by atoms with E-state index < -0.39 is 0 Å². The van der Waals surface area contributed by atoms with Crippen LogP contribution >= 0.6 is 67.9 Å². The number of rotatable bonds is 1. The minimum Gasteiger partial charge on any atom is -0.355 e. The van der Waals surface area contributed by atoms with E-state index in [1.807, 2.05) is 12.1 Å². The van der Waals surface area contributed by atoms with E-state index in [9.17, 15) is 0 Å². The first kappa shape index (κ1) is 68.6. The molecule has 2 nitrogen and oxygen atoms in total. The van der Waals surface area contributed by atoms with Crippen molar-refractivity contribution in [3.05, 3.63) is 158 Å². The topological polar surface area (TPSA) is 20.7 Å². The number of fused-ring (bicyclic) bond motifs is 6. The fourth-order valence-electron chi connectivity index (χ4n) is 5.31. The Hall–Kier alpha value is 3.34. The molecule has 1 N–H and O–H groups in total. The lowest BCUT2D eigenvalue weighted by molar-refractivity contribution is 1.18. The fraction of sp³-hybridized carbons (Fsp3) is 0. The van der Waals surface area contributed by atoms with Crippen molar-refractivity contribution in [2.24, 2.45) is 0 Å². The van der Waals surface area contributed by atoms with Crippen molar-refractivity contribution in [3.63, 3.8) is 0 Å². The lowest BCUT2D eigenvalue weighted by Gasteiger charge is -2.07. The van der Waals surface area contributed by atoms with Crippen LogP contribution < -0.4 is 0 Å². The molecule has 8 rings (SSSR count). The Morgan fingerprint density at radius 1 is 0.352 bits per heavy atom. The van der Waals surface area contributed by atoms with Crippen LogP contribution in [-0.4, -0.2) is 9.55 Å². The summed E-state index contributed by atoms with van der Waals surface area (Å²) in [5.74, 6) is 0. The Morgan fingerprint density at radius 3 is 0.986 bits per heavy atom. The smallest absolute Gasteiger partial charge is 0.0541 e. The number of para-hydroxylation sites is 4. The van der Waals surface area contributed by atoms with Crippen LogP contribution in [0.1, 0.15) is 0 Å². The van der Waals surface area contributed by atoms with Gasteiger partial charge in [0.2, 0.25) is 0 Å². The molecule has 0 spiro atoms. The van der Waals surface area contributed by atoms with Gasteiger partial charge in [-0.3, -0.25) is 0 Å². The average molecular weight is 1740 g/mol. The maximum Gasteiger partial charge on any atom is 0.0541 e. The first-order chi connectivity index (χ1) is 34.4. The molecule has 6 aromatic carbocycles. The minimum absolute atomic E-state index is 0. The fourth-order valence-corrected chi connectivity index (χ4v) is 64.7. The van der Waals surface area contributed by atoms with Gasteiger partial charge < -0.3 is 9.55 Å². The summed E-state index contributed by atoms with van der Waals surface area (Å²) in [5, 5.41) is 5.20. The van der Waals surface area contributed by atoms with Crippen LogP contribution in [0.2, 0.25) is 0 Å². The molecule has 71 heavy (non-hydrogen) atoms. The van der Waals surface area contributed by atoms with E-state index in [4.69, 9.17) is 44.8 Å². The zero-order chi connectivity index (χ0) is 49.9. The molecule has 0 atom stereocenters. The van der Waals surface area contributed by atoms with Crippen molar-refractivity contribution in [2.45, 2.75) is 0 Å². The molecule has 0 saturated heterocycles. The second-order valence-electron chi connectivity index (χ2n) is 11.2. The highest BCUT2D eigenvalue weighted by molar-refractivity contribution is 14.1. The SMILES string of the molecule is Brc1cccc(-n2c3ccccc3c3ccccc32)c1.Brc1cccc(I)c1.S.S=S=S=S=S=S=S=S=S=S=S=S=S=S.S=S=S=S=S=S=S=S=S=S=S=S=S=S=S.c1ccc2c(c1)[nH]c1ccccc12. The Kier molecular flexibility index (Phi) is 43.5. The third-order valence-electron chi connectivity index (χ3n) is 7.49. The lowest BCUT2D eigenvalue weighted by atomic mass is 10.2. The van der Waals surface area contributed by atoms with Crippen molar-refractivity contribution >= 4 is 378 Å². The quantitative estimate of drug-likeness (QED) is 0.165. The van der Waals surface area contributed by atoms with E-state index in [1.54, 1.807) is 186 Å². The van der Waals surface area contributed by atoms with Crippen LogP contribution in [0.25, 0.3) is 49.3 Å². The third kappa shape index (κ3) is 28.6. The second kappa shape index (κ2) is 45.0. The van der Waals surface area contributed by atoms with Crippen LogP contribution in [0, 0.1) is 3.57 Å². The monoisotopic (exact) mass is 1730 g/mol. The molecular weight excluding hydrogens is 1710 g/mol. The zero-order valence-corrected chi connectivity index (χ0v) is 64.3. The number of H-pyrrole nitrogens is 1. The van der Waals surface area contributed by atoms with E-state index in [0.717, 1.165) is 8.95 Å². The Morgan fingerprint density at radius 2 is 0.662 bits per heavy atom. The first-order valence-electron chi connectivity index (χ1n) is 17.7. The number of hydrogen-bond acceptors (Lipinski definition) is 4. The van der Waals surface area contributed by atoms with Crippen molar-refractivity contribution < 1.29 is 0 Å². The summed E-state index contributed by atoms with van der Waals surface area (Å²) in [5.41, 5.74) is 6.09. The van der Waals surface area contributed by atoms with Gasteiger partial charge in [0, 0.05) is 318 Å². The maximum atomic E-state index is 4.72. The van der Waals surface area contributed by atoms with Gasteiger partial charge >= 0.3 is 0 Å². The predicted octanol–water partition coefficient (Wildman–Crippen LogP) is 12.0. The molecule has 8 aromatic rings. The number of hydrogen-bond donors (Lipinski definition) is 1. The molecule has 0 bridgehead atoms. The number of nitrogens with zero attached hydrogens (tertiary/aromatic N) is 1. The normalized spacial score (nSPS) is 9.17. The summed E-state index contributed by atoms with van der Waals surface area (Å²) >= 11 is 28.1. The molecule has 0 aliphatic rings. The highest BCUT2D eigenvalue weighted by Gasteiger charge is 2.11. The van der Waals surface area contributed by atoms with Gasteiger partial charge in [-0.15, -0.1) is 0 Å². The number of aromatic amines is 1. The molecule has 0 aliphatic heterocycles. The van der Waals surface area contributed by atoms with E-state index in [-0.39, 0.29) is 13.5 Å². The van der Waals surface area contributed by atoms with Crippen molar-refractivity contribution in [2.75, 3.05) is 0 Å². The molecule has 35 heteroatoms. The molecule has 0 saturated carbocycles. The summed E-state index contributed by atoms with van der Waals surface area (Å²) in [7, 11) is 41.6. The summed E-state index contributed by atoms with van der Waals surface area (Å²) in [6.07, 6.45) is 0. The molecule has 2 aromatic heterocycles. The molecular formula is C36H27Br2IN2S30. The summed E-state index contributed by atoms with van der Waals surface area (Å²) in [4.78, 5) is 3.38. The van der Waals surface area contributed by atoms with E-state index in [2.05, 4.69) is 197 Å². The van der Waals surface area contributed by atoms with Crippen LogP contribution in [0.3, 0.4) is 0 Å². The number of halogens is 3. The number of benzene rings is 6. The summed E-state index contributed by atoms with van der Waals surface area (Å²) < 4.78 is 5.81. The van der Waals surface area contributed by atoms with Gasteiger partial charge in [0.1, 0.15) is 0 Å². The van der Waals surface area contributed by atoms with Gasteiger partial charge in [0.05, 0.1) is 11.0 Å². The van der Waals surface area contributed by atoms with Gasteiger partial charge in [0.25, 0.3) is 0 Å². The van der Waals surface area contributed by atoms with Gasteiger partial charge in [-0.1, -0.05) is 117 Å². The Bertz CT molecular complexity index is 4070. The molecule has 2 heterocycles. The Balaban J connectivity index is 0.000000240. The second-order valence-corrected chi connectivity index (χ2v) is 58.5. The van der Waals surface area contributed by atoms with E-state index in [1.165, 1.54) is 88.4 Å². The van der Waals surface area contributed by atoms with Crippen LogP contribution in [-0.2, 0) is 267 Å². The molecule has 382 valence electrons. The molecule has 0 fully saturated rings. The zero-order valence-electron chi connectivity index (χ0n) is 34.3. The summed E-state index contributed by atoms with van der Waals surface area (Å²) in [6.45, 7) is 0. The average Bonchev–Trinajstić information content (AvgIpc) is 3.93. The van der Waals surface area contributed by atoms with Crippen molar-refractivity contribution in [1.82, 2.24) is 9.55 Å². The van der Waals surface area contributed by atoms with Crippen LogP contribution in [0.5, 0.6) is 0 Å². The minimum atomic E-state index is 0. The standard InChI is InChI=1S/C18H12BrN.C12H9N.C6H4BrI.S15.S14.H2S/c19-13-6-5-7-14(12-13)20-17-10-3-1-8-15(17)16-9-2-4-11-18(16)20;1-3-7-11-9(5-1)10-6-2-4-8-12(10)13-11;7-5-2-1-3-6(8)4-5;1-3-5-7-9-11-13-15-14-12-10-8-6-4-2;1-3-5-7-9-11-13-14-12-10-8-6-4-2;/h1-12H;1-8,13H;1-4H;;;1H2. The molecule has 0 unspecified atom stereocenters. The van der Waals surface area contributed by atoms with Gasteiger partial charge in [-0.25, -0.2) is 0 Å².